The van der Waals surface area contributed by atoms with Crippen LogP contribution < -0.4 is 0 Å². The molecule has 0 fully saturated rings. The third kappa shape index (κ3) is 97.5. The summed E-state index contributed by atoms with van der Waals surface area (Å²) in [5.74, 6) is 0. The molecule has 0 saturated heterocycles. The van der Waals surface area contributed by atoms with Gasteiger partial charge in [0.25, 0.3) is 0 Å². The second-order valence-corrected chi connectivity index (χ2v) is 3.54. The van der Waals surface area contributed by atoms with Gasteiger partial charge in [-0.2, -0.15) is 26.2 Å². The van der Waals surface area contributed by atoms with Gasteiger partial charge in [0.15, 0.2) is 0 Å². The first-order valence-electron chi connectivity index (χ1n) is 2.67. The van der Waals surface area contributed by atoms with E-state index in [2.05, 4.69) is 0 Å². The topological polar surface area (TPSA) is 95.2 Å². The third-order valence-corrected chi connectivity index (χ3v) is 0.250. The van der Waals surface area contributed by atoms with Gasteiger partial charge in [-0.25, -0.2) is 0 Å². The maximum Gasteiger partial charge on any atom is -0.171 e. The number of nitrogens with one attached hydrogen (secondary N) is 4. The van der Waals surface area contributed by atoms with Gasteiger partial charge >= 0.3 is 34.5 Å². The first kappa shape index (κ1) is 18.0. The van der Waals surface area contributed by atoms with Crippen LogP contribution in [0.1, 0.15) is 0 Å². The molecule has 0 atom stereocenters. The first-order valence-corrected chi connectivity index (χ1v) is 6.89. The molecule has 0 aromatic rings. The fourth-order valence-corrected chi connectivity index (χ4v) is 0. The van der Waals surface area contributed by atoms with E-state index in [4.69, 9.17) is 42.3 Å². The Kier molecular flexibility index (Phi) is 49.8. The van der Waals surface area contributed by atoms with Gasteiger partial charge in [0, 0.05) is 0 Å². The summed E-state index contributed by atoms with van der Waals surface area (Å²) in [6, 6.07) is 0. The average Bonchev–Trinajstić information content (AvgIpc) is 2.06. The molecule has 0 heterocycles. The number of rotatable bonds is 2. The molecule has 0 rings (SSSR count). The van der Waals surface area contributed by atoms with Crippen LogP contribution in [0.25, 0.3) is 22.9 Å². The van der Waals surface area contributed by atoms with Crippen LogP contribution in [0.3, 0.4) is 0 Å². The standard InChI is InChI=1S/2C2H6N2.2ClH.Rh/c2*3-1-2-4;;;/h2*3-4H,1-2H2;2*1H;/q2*-2;;;+3/p-2. The zero-order valence-corrected chi connectivity index (χ0v) is 9.07. The van der Waals surface area contributed by atoms with Crippen molar-refractivity contribution in [2.24, 2.45) is 0 Å². The molecule has 0 unspecified atom stereocenters. The van der Waals surface area contributed by atoms with E-state index in [0.717, 1.165) is 0 Å². The van der Waals surface area contributed by atoms with Crippen LogP contribution in [0.4, 0.5) is 0 Å². The molecule has 0 bridgehead atoms. The van der Waals surface area contributed by atoms with Gasteiger partial charge < -0.3 is 22.9 Å². The van der Waals surface area contributed by atoms with E-state index in [-0.39, 0.29) is 41.3 Å². The second-order valence-electron chi connectivity index (χ2n) is 1.05. The summed E-state index contributed by atoms with van der Waals surface area (Å²) in [4.78, 5) is 0. The average molecular weight is 290 g/mol. The molecule has 4 N–H and O–H groups in total. The maximum atomic E-state index is 6.26. The fourth-order valence-electron chi connectivity index (χ4n) is 0. The van der Waals surface area contributed by atoms with Gasteiger partial charge in [0.05, 0.1) is 0 Å². The predicted molar refractivity (Wildman–Crippen MR) is 48.5 cm³/mol. The van der Waals surface area contributed by atoms with Gasteiger partial charge in [0.1, 0.15) is 0 Å². The monoisotopic (exact) mass is 289 g/mol. The summed E-state index contributed by atoms with van der Waals surface area (Å²) >= 11 is -0.226. The van der Waals surface area contributed by atoms with E-state index in [1.54, 1.807) is 0 Å². The predicted octanol–water partition coefficient (Wildman–Crippen LogP) is 3.56. The smallest absolute Gasteiger partial charge is 0.171 e. The molecule has 0 radical (unpaired) electrons. The Labute approximate surface area is 83.6 Å². The first-order chi connectivity index (χ1) is 5.24. The third-order valence-electron chi connectivity index (χ3n) is 0.250. The van der Waals surface area contributed by atoms with Gasteiger partial charge in [-0.1, -0.05) is 0 Å². The summed E-state index contributed by atoms with van der Waals surface area (Å²) in [6.07, 6.45) is 0. The Morgan fingerprint density at radius 3 is 0.818 bits per heavy atom. The largest absolute Gasteiger partial charge is 0.679 e. The number of hydrogen-bond acceptors (Lipinski definition) is 0. The van der Waals surface area contributed by atoms with E-state index in [1.165, 1.54) is 0 Å². The molecule has 0 aliphatic rings. The minimum atomic E-state index is -0.226. The fraction of sp³-hybridized carbons (Fsp3) is 1.00. The number of halogens is 2. The van der Waals surface area contributed by atoms with Gasteiger partial charge in [-0.05, 0) is 0 Å². The van der Waals surface area contributed by atoms with E-state index in [9.17, 15) is 0 Å². The van der Waals surface area contributed by atoms with Gasteiger partial charge in [-0.3, -0.25) is 0 Å². The van der Waals surface area contributed by atoms with Crippen molar-refractivity contribution >= 4 is 19.4 Å². The van der Waals surface area contributed by atoms with Crippen LogP contribution in [-0.4, -0.2) is 26.2 Å². The van der Waals surface area contributed by atoms with Crippen molar-refractivity contribution in [3.05, 3.63) is 22.9 Å². The normalized spacial score (nSPS) is 7.45. The molecule has 74 valence electrons. The SMILES string of the molecule is [Cl][Rh+][Cl].[NH-]CC[NH-].[NH-]CC[NH-]. The number of hydrogen-bond donors (Lipinski definition) is 0. The Balaban J connectivity index is -0.0000000886. The van der Waals surface area contributed by atoms with Crippen molar-refractivity contribution in [1.82, 2.24) is 0 Å². The minimum Gasteiger partial charge on any atom is -0.679 e. The summed E-state index contributed by atoms with van der Waals surface area (Å²) in [7, 11) is 9.67. The van der Waals surface area contributed by atoms with E-state index >= 15 is 0 Å². The zero-order valence-electron chi connectivity index (χ0n) is 5.92. The molecule has 7 heteroatoms. The van der Waals surface area contributed by atoms with Crippen molar-refractivity contribution in [2.75, 3.05) is 26.2 Å². The van der Waals surface area contributed by atoms with E-state index in [0.29, 0.717) is 0 Å². The van der Waals surface area contributed by atoms with Crippen molar-refractivity contribution in [3.63, 3.8) is 0 Å². The van der Waals surface area contributed by atoms with Crippen molar-refractivity contribution < 1.29 is 15.1 Å². The van der Waals surface area contributed by atoms with Crippen LogP contribution >= 0.6 is 19.4 Å². The van der Waals surface area contributed by atoms with Crippen LogP contribution in [0.5, 0.6) is 0 Å². The molecule has 0 aliphatic carbocycles. The Hall–Kier alpha value is 1.04. The van der Waals surface area contributed by atoms with E-state index < -0.39 is 0 Å². The van der Waals surface area contributed by atoms with Crippen molar-refractivity contribution in [1.29, 1.82) is 0 Å². The molecule has 0 saturated carbocycles. The molecule has 11 heavy (non-hydrogen) atoms. The van der Waals surface area contributed by atoms with Crippen molar-refractivity contribution in [2.45, 2.75) is 0 Å². The second kappa shape index (κ2) is 30.5. The molecular weight excluding hydrogens is 278 g/mol. The van der Waals surface area contributed by atoms with Gasteiger partial charge in [-0.15, -0.1) is 0 Å². The molecule has 0 aromatic carbocycles. The minimum absolute atomic E-state index is 0.226. The summed E-state index contributed by atoms with van der Waals surface area (Å²) in [5, 5.41) is 0. The van der Waals surface area contributed by atoms with Gasteiger partial charge in [0.2, 0.25) is 0 Å². The Bertz CT molecular complexity index is 35.3. The van der Waals surface area contributed by atoms with E-state index in [1.807, 2.05) is 0 Å². The Morgan fingerprint density at radius 1 is 0.727 bits per heavy atom. The Morgan fingerprint density at radius 2 is 0.818 bits per heavy atom. The van der Waals surface area contributed by atoms with Crippen LogP contribution in [0.2, 0.25) is 0 Å². The van der Waals surface area contributed by atoms with Crippen molar-refractivity contribution in [3.8, 4) is 0 Å². The molecule has 0 aliphatic heterocycles. The summed E-state index contributed by atoms with van der Waals surface area (Å²) < 4.78 is 0. The van der Waals surface area contributed by atoms with Crippen LogP contribution in [-0.2, 0) is 15.1 Å². The summed E-state index contributed by atoms with van der Waals surface area (Å²) in [6.45, 7) is 0.944. The van der Waals surface area contributed by atoms with Crippen LogP contribution in [0, 0.1) is 0 Å². The molecular formula is C4H12Cl2N4Rh-3. The summed E-state index contributed by atoms with van der Waals surface area (Å²) in [5.41, 5.74) is 25.1. The molecule has 0 spiro atoms. The molecule has 4 nitrogen and oxygen atoms in total. The maximum absolute atomic E-state index is 6.26. The quantitative estimate of drug-likeness (QED) is 0.695. The molecule has 0 amide bonds. The molecule has 0 aromatic heterocycles. The zero-order chi connectivity index (χ0) is 9.54. The van der Waals surface area contributed by atoms with Crippen LogP contribution in [0.15, 0.2) is 0 Å².